The van der Waals surface area contributed by atoms with Crippen LogP contribution >= 0.6 is 0 Å². The first-order chi connectivity index (χ1) is 8.03. The lowest BCUT2D eigenvalue weighted by molar-refractivity contribution is 0.174. The molecule has 2 heteroatoms. The van der Waals surface area contributed by atoms with Gasteiger partial charge in [0, 0.05) is 24.3 Å². The van der Waals surface area contributed by atoms with Crippen LogP contribution in [0.4, 0.5) is 5.69 Å². The van der Waals surface area contributed by atoms with E-state index in [1.165, 1.54) is 12.1 Å². The van der Waals surface area contributed by atoms with Gasteiger partial charge in [0.25, 0.3) is 0 Å². The fourth-order valence-corrected chi connectivity index (χ4v) is 2.60. The molecule has 1 aliphatic heterocycles. The third kappa shape index (κ3) is 2.63. The third-order valence-electron chi connectivity index (χ3n) is 3.70. The first-order valence-corrected chi connectivity index (χ1v) is 6.55. The molecule has 2 nitrogen and oxygen atoms in total. The van der Waals surface area contributed by atoms with Gasteiger partial charge < -0.3 is 10.0 Å². The second-order valence-corrected chi connectivity index (χ2v) is 5.82. The van der Waals surface area contributed by atoms with Gasteiger partial charge in [-0.3, -0.25) is 0 Å². The first-order valence-electron chi connectivity index (χ1n) is 6.55. The lowest BCUT2D eigenvalue weighted by atomic mass is 9.93. The molecule has 0 spiro atoms. The fourth-order valence-electron chi connectivity index (χ4n) is 2.60. The van der Waals surface area contributed by atoms with Crippen LogP contribution in [0.15, 0.2) is 24.3 Å². The number of benzene rings is 1. The summed E-state index contributed by atoms with van der Waals surface area (Å²) in [5, 5.41) is 10.1. The molecule has 0 amide bonds. The van der Waals surface area contributed by atoms with E-state index >= 15 is 0 Å². The lowest BCUT2D eigenvalue weighted by Gasteiger charge is -2.25. The Morgan fingerprint density at radius 1 is 1.35 bits per heavy atom. The maximum absolute atomic E-state index is 10.1. The molecule has 1 heterocycles. The molecule has 1 atom stereocenters. The number of para-hydroxylation sites is 1. The van der Waals surface area contributed by atoms with Crippen LogP contribution in [0.25, 0.3) is 0 Å². The summed E-state index contributed by atoms with van der Waals surface area (Å²) in [5.74, 6) is 0. The van der Waals surface area contributed by atoms with Crippen molar-refractivity contribution in [2.45, 2.75) is 39.7 Å². The van der Waals surface area contributed by atoms with E-state index in [9.17, 15) is 5.11 Å². The zero-order chi connectivity index (χ0) is 12.5. The monoisotopic (exact) mass is 233 g/mol. The Labute approximate surface area is 104 Å². The normalized spacial score (nSPS) is 20.6. The second-order valence-electron chi connectivity index (χ2n) is 5.82. The fraction of sp³-hybridized carbons (Fsp3) is 0.600. The molecule has 1 saturated heterocycles. The van der Waals surface area contributed by atoms with Crippen molar-refractivity contribution in [2.75, 3.05) is 18.0 Å². The number of nitrogens with zero attached hydrogens (tertiary/aromatic N) is 1. The average Bonchev–Trinajstić information content (AvgIpc) is 2.68. The van der Waals surface area contributed by atoms with Crippen LogP contribution in [0.3, 0.4) is 0 Å². The predicted molar refractivity (Wildman–Crippen MR) is 72.3 cm³/mol. The summed E-state index contributed by atoms with van der Waals surface area (Å²) >= 11 is 0. The molecule has 94 valence electrons. The molecular weight excluding hydrogens is 210 g/mol. The molecule has 0 aliphatic carbocycles. The van der Waals surface area contributed by atoms with E-state index in [1.807, 2.05) is 13.0 Å². The predicted octanol–water partition coefficient (Wildman–Crippen LogP) is 3.37. The number of rotatable bonds is 3. The summed E-state index contributed by atoms with van der Waals surface area (Å²) in [6.07, 6.45) is 1.66. The average molecular weight is 233 g/mol. The molecule has 0 saturated carbocycles. The van der Waals surface area contributed by atoms with Gasteiger partial charge in [-0.05, 0) is 24.3 Å². The second kappa shape index (κ2) is 4.69. The van der Waals surface area contributed by atoms with Crippen molar-refractivity contribution in [3.63, 3.8) is 0 Å². The summed E-state index contributed by atoms with van der Waals surface area (Å²) < 4.78 is 0. The molecule has 1 aliphatic rings. The molecular formula is C15H23NO. The minimum Gasteiger partial charge on any atom is -0.388 e. The van der Waals surface area contributed by atoms with E-state index in [4.69, 9.17) is 0 Å². The van der Waals surface area contributed by atoms with Crippen LogP contribution in [0, 0.1) is 5.41 Å². The number of aliphatic hydroxyl groups excluding tert-OH is 1. The molecule has 1 fully saturated rings. The highest BCUT2D eigenvalue weighted by molar-refractivity contribution is 5.55. The summed E-state index contributed by atoms with van der Waals surface area (Å²) in [4.78, 5) is 2.41. The zero-order valence-corrected chi connectivity index (χ0v) is 11.1. The van der Waals surface area contributed by atoms with E-state index < -0.39 is 0 Å². The molecule has 1 N–H and O–H groups in total. The summed E-state index contributed by atoms with van der Waals surface area (Å²) in [7, 11) is 0. The van der Waals surface area contributed by atoms with Crippen LogP contribution in [-0.4, -0.2) is 18.2 Å². The van der Waals surface area contributed by atoms with Gasteiger partial charge in [0.05, 0.1) is 6.10 Å². The molecule has 0 unspecified atom stereocenters. The molecule has 0 bridgehead atoms. The minimum absolute atomic E-state index is 0.338. The molecule has 0 radical (unpaired) electrons. The van der Waals surface area contributed by atoms with Crippen LogP contribution in [0.2, 0.25) is 0 Å². The third-order valence-corrected chi connectivity index (χ3v) is 3.70. The van der Waals surface area contributed by atoms with Crippen molar-refractivity contribution in [1.29, 1.82) is 0 Å². The van der Waals surface area contributed by atoms with E-state index in [-0.39, 0.29) is 6.10 Å². The molecule has 0 aromatic heterocycles. The lowest BCUT2D eigenvalue weighted by Crippen LogP contribution is -2.24. The van der Waals surface area contributed by atoms with E-state index in [0.29, 0.717) is 5.41 Å². The Kier molecular flexibility index (Phi) is 3.43. The van der Waals surface area contributed by atoms with Crippen molar-refractivity contribution < 1.29 is 5.11 Å². The van der Waals surface area contributed by atoms with Gasteiger partial charge in [-0.2, -0.15) is 0 Å². The number of hydrogen-bond donors (Lipinski definition) is 1. The zero-order valence-electron chi connectivity index (χ0n) is 11.1. The molecule has 1 aromatic carbocycles. The summed E-state index contributed by atoms with van der Waals surface area (Å²) in [6, 6.07) is 8.26. The van der Waals surface area contributed by atoms with Gasteiger partial charge in [-0.25, -0.2) is 0 Å². The minimum atomic E-state index is -0.338. The van der Waals surface area contributed by atoms with Crippen molar-refractivity contribution in [2.24, 2.45) is 5.41 Å². The van der Waals surface area contributed by atoms with Crippen molar-refractivity contribution in [3.05, 3.63) is 29.8 Å². The molecule has 17 heavy (non-hydrogen) atoms. The maximum Gasteiger partial charge on any atom is 0.0807 e. The Morgan fingerprint density at radius 2 is 2.06 bits per heavy atom. The van der Waals surface area contributed by atoms with E-state index in [1.54, 1.807) is 0 Å². The van der Waals surface area contributed by atoms with E-state index in [0.717, 1.165) is 25.1 Å². The SMILES string of the molecule is CC[C@@H](O)c1ccccc1N1CCC(C)(C)C1. The van der Waals surface area contributed by atoms with Gasteiger partial charge in [-0.1, -0.05) is 39.0 Å². The highest BCUT2D eigenvalue weighted by Crippen LogP contribution is 2.36. The Bertz CT molecular complexity index is 386. The number of hydrogen-bond acceptors (Lipinski definition) is 2. The van der Waals surface area contributed by atoms with Crippen molar-refractivity contribution >= 4 is 5.69 Å². The summed E-state index contributed by atoms with van der Waals surface area (Å²) in [6.45, 7) is 8.83. The van der Waals surface area contributed by atoms with Gasteiger partial charge in [0.15, 0.2) is 0 Å². The quantitative estimate of drug-likeness (QED) is 0.865. The van der Waals surface area contributed by atoms with Gasteiger partial charge in [-0.15, -0.1) is 0 Å². The number of anilines is 1. The highest BCUT2D eigenvalue weighted by Gasteiger charge is 2.30. The smallest absolute Gasteiger partial charge is 0.0807 e. The van der Waals surface area contributed by atoms with Crippen LogP contribution < -0.4 is 4.90 Å². The van der Waals surface area contributed by atoms with Crippen LogP contribution in [0.1, 0.15) is 45.3 Å². The van der Waals surface area contributed by atoms with Gasteiger partial charge in [0.1, 0.15) is 0 Å². The van der Waals surface area contributed by atoms with Gasteiger partial charge in [0.2, 0.25) is 0 Å². The Balaban J connectivity index is 2.27. The Hall–Kier alpha value is -1.02. The largest absolute Gasteiger partial charge is 0.388 e. The van der Waals surface area contributed by atoms with Crippen LogP contribution in [0.5, 0.6) is 0 Å². The Morgan fingerprint density at radius 3 is 2.65 bits per heavy atom. The topological polar surface area (TPSA) is 23.5 Å². The molecule has 1 aromatic rings. The van der Waals surface area contributed by atoms with E-state index in [2.05, 4.69) is 36.9 Å². The highest BCUT2D eigenvalue weighted by atomic mass is 16.3. The standard InChI is InChI=1S/C15H23NO/c1-4-14(17)12-7-5-6-8-13(12)16-10-9-15(2,3)11-16/h5-8,14,17H,4,9-11H2,1-3H3/t14-/m1/s1. The van der Waals surface area contributed by atoms with Crippen molar-refractivity contribution in [1.82, 2.24) is 0 Å². The maximum atomic E-state index is 10.1. The van der Waals surface area contributed by atoms with Gasteiger partial charge >= 0.3 is 0 Å². The number of aliphatic hydroxyl groups is 1. The van der Waals surface area contributed by atoms with Crippen LogP contribution in [-0.2, 0) is 0 Å². The first kappa shape index (κ1) is 12.4. The summed E-state index contributed by atoms with van der Waals surface area (Å²) in [5.41, 5.74) is 2.68. The van der Waals surface area contributed by atoms with Crippen molar-refractivity contribution in [3.8, 4) is 0 Å². The molecule has 2 rings (SSSR count).